The number of alkyl halides is 6. The van der Waals surface area contributed by atoms with Gasteiger partial charge < -0.3 is 43.7 Å². The molecule has 2 atom stereocenters. The molecule has 39 heavy (non-hydrogen) atoms. The van der Waals surface area contributed by atoms with Crippen LogP contribution in [0.5, 0.6) is 5.75 Å². The maximum Gasteiger partial charge on any atom is 0.383 e. The fraction of sp³-hybridized carbons (Fsp3) is 0.739. The minimum absolute atomic E-state index is 0.104. The van der Waals surface area contributed by atoms with Crippen LogP contribution in [0.3, 0.4) is 0 Å². The van der Waals surface area contributed by atoms with E-state index in [-0.39, 0.29) is 39.6 Å². The number of benzene rings is 1. The summed E-state index contributed by atoms with van der Waals surface area (Å²) in [6, 6.07) is 8.35. The summed E-state index contributed by atoms with van der Waals surface area (Å²) in [4.78, 5) is 0. The highest BCUT2D eigenvalue weighted by Crippen LogP contribution is 2.27. The van der Waals surface area contributed by atoms with Crippen LogP contribution in [-0.2, 0) is 28.4 Å². The Bertz CT molecular complexity index is 747. The van der Waals surface area contributed by atoms with E-state index in [0.717, 1.165) is 0 Å². The third-order valence-electron chi connectivity index (χ3n) is 4.34. The number of aliphatic hydroxyl groups excluding tert-OH is 3. The number of halogens is 6. The molecule has 10 nitrogen and oxygen atoms in total. The highest BCUT2D eigenvalue weighted by molar-refractivity contribution is 5.20. The molecule has 1 rings (SSSR count). The summed E-state index contributed by atoms with van der Waals surface area (Å²) in [6.45, 7) is -7.18. The summed E-state index contributed by atoms with van der Waals surface area (Å²) >= 11 is 0. The molecule has 0 heterocycles. The van der Waals surface area contributed by atoms with Crippen molar-refractivity contribution >= 4 is 0 Å². The van der Waals surface area contributed by atoms with E-state index in [1.54, 1.807) is 30.3 Å². The molecule has 16 heteroatoms. The molecular formula is C23H34F6O10. The first kappa shape index (κ1) is 35.3. The molecule has 0 amide bonds. The Labute approximate surface area is 221 Å². The topological polar surface area (TPSA) is 125 Å². The first-order valence-electron chi connectivity index (χ1n) is 11.7. The van der Waals surface area contributed by atoms with Gasteiger partial charge in [0, 0.05) is 6.42 Å². The molecule has 0 saturated carbocycles. The van der Waals surface area contributed by atoms with Crippen LogP contribution in [0.15, 0.2) is 30.3 Å². The Morgan fingerprint density at radius 2 is 1.21 bits per heavy atom. The Kier molecular flexibility index (Phi) is 16.8. The van der Waals surface area contributed by atoms with Crippen molar-refractivity contribution in [2.75, 3.05) is 72.9 Å². The van der Waals surface area contributed by atoms with Gasteiger partial charge >= 0.3 is 12.2 Å². The molecule has 0 aliphatic rings. The molecule has 2 unspecified atom stereocenters. The van der Waals surface area contributed by atoms with Crippen molar-refractivity contribution in [2.24, 2.45) is 0 Å². The summed E-state index contributed by atoms with van der Waals surface area (Å²) in [7, 11) is 0. The van der Waals surface area contributed by atoms with Crippen molar-refractivity contribution in [1.82, 2.24) is 0 Å². The smallest absolute Gasteiger partial charge is 0.383 e. The van der Waals surface area contributed by atoms with Gasteiger partial charge in [0.15, 0.2) is 0 Å². The molecule has 0 aromatic heterocycles. The maximum atomic E-state index is 13.7. The molecular weight excluding hydrogens is 550 g/mol. The van der Waals surface area contributed by atoms with Crippen LogP contribution in [-0.4, -0.2) is 119 Å². The van der Waals surface area contributed by atoms with Crippen molar-refractivity contribution in [1.29, 1.82) is 0 Å². The summed E-state index contributed by atoms with van der Waals surface area (Å²) in [5.74, 6) is -2.83. The molecule has 0 bridgehead atoms. The number of para-hydroxylation sites is 1. The van der Waals surface area contributed by atoms with E-state index >= 15 is 0 Å². The predicted molar refractivity (Wildman–Crippen MR) is 121 cm³/mol. The van der Waals surface area contributed by atoms with Crippen molar-refractivity contribution in [3.63, 3.8) is 0 Å². The summed E-state index contributed by atoms with van der Waals surface area (Å²) < 4.78 is 112. The van der Waals surface area contributed by atoms with E-state index in [9.17, 15) is 36.6 Å². The van der Waals surface area contributed by atoms with E-state index in [0.29, 0.717) is 5.75 Å². The van der Waals surface area contributed by atoms with Crippen LogP contribution in [0.1, 0.15) is 6.42 Å². The fourth-order valence-electron chi connectivity index (χ4n) is 2.53. The van der Waals surface area contributed by atoms with Crippen molar-refractivity contribution < 1.29 is 74.8 Å². The molecule has 3 N–H and O–H groups in total. The van der Waals surface area contributed by atoms with Gasteiger partial charge in [0.1, 0.15) is 51.2 Å². The first-order valence-corrected chi connectivity index (χ1v) is 11.7. The lowest BCUT2D eigenvalue weighted by molar-refractivity contribution is -0.396. The largest absolute Gasteiger partial charge is 0.491 e. The Morgan fingerprint density at radius 1 is 0.667 bits per heavy atom. The van der Waals surface area contributed by atoms with E-state index in [1.165, 1.54) is 0 Å². The van der Waals surface area contributed by atoms with E-state index in [1.807, 2.05) is 0 Å². The number of hydrogen-bond donors (Lipinski definition) is 3. The minimum Gasteiger partial charge on any atom is -0.491 e. The number of hydrogen-bond acceptors (Lipinski definition) is 10. The molecule has 0 spiro atoms. The highest BCUT2D eigenvalue weighted by atomic mass is 19.3. The lowest BCUT2D eigenvalue weighted by atomic mass is 10.3. The predicted octanol–water partition coefficient (Wildman–Crippen LogP) is 2.05. The van der Waals surface area contributed by atoms with Gasteiger partial charge in [-0.05, 0) is 12.1 Å². The SMILES string of the molecule is OCC(F)(F)CCOCC(O)COCCOCOCC(F)(F)OC(F)(F)COCC(O)COc1ccccc1. The van der Waals surface area contributed by atoms with Crippen LogP contribution in [0, 0.1) is 0 Å². The minimum atomic E-state index is -4.38. The molecule has 0 fully saturated rings. The first-order chi connectivity index (χ1) is 18.3. The molecule has 228 valence electrons. The molecule has 0 aliphatic heterocycles. The van der Waals surface area contributed by atoms with Crippen molar-refractivity contribution in [2.45, 2.75) is 36.8 Å². The van der Waals surface area contributed by atoms with Gasteiger partial charge in [-0.1, -0.05) is 18.2 Å². The quantitative estimate of drug-likeness (QED) is 0.0945. The molecule has 0 saturated heterocycles. The van der Waals surface area contributed by atoms with Gasteiger partial charge in [-0.15, -0.1) is 0 Å². The molecule has 1 aromatic carbocycles. The molecule has 1 aromatic rings. The summed E-state index contributed by atoms with van der Waals surface area (Å²) in [6.07, 6.45) is -11.9. The average molecular weight is 585 g/mol. The zero-order valence-corrected chi connectivity index (χ0v) is 21.0. The maximum absolute atomic E-state index is 13.7. The third kappa shape index (κ3) is 19.0. The standard InChI is InChI=1S/C23H34F6O10/c24-21(25,14-30)6-7-33-10-18(31)11-34-8-9-35-17-37-16-23(28,29)39-22(26,27)15-36-12-19(32)13-38-20-4-2-1-3-5-20/h1-5,18-19,30-32H,6-17H2. The zero-order valence-electron chi connectivity index (χ0n) is 21.0. The van der Waals surface area contributed by atoms with Gasteiger partial charge in [-0.3, -0.25) is 4.74 Å². The normalized spacial score (nSPS) is 14.4. The second-order valence-electron chi connectivity index (χ2n) is 8.11. The lowest BCUT2D eigenvalue weighted by Crippen LogP contribution is -2.40. The van der Waals surface area contributed by atoms with Gasteiger partial charge in [0.2, 0.25) is 0 Å². The van der Waals surface area contributed by atoms with Crippen LogP contribution in [0.4, 0.5) is 26.3 Å². The van der Waals surface area contributed by atoms with Crippen molar-refractivity contribution in [3.05, 3.63) is 30.3 Å². The summed E-state index contributed by atoms with van der Waals surface area (Å²) in [5.41, 5.74) is 0. The highest BCUT2D eigenvalue weighted by Gasteiger charge is 2.44. The van der Waals surface area contributed by atoms with Gasteiger partial charge in [0.05, 0.1) is 39.6 Å². The Morgan fingerprint density at radius 3 is 1.85 bits per heavy atom. The van der Waals surface area contributed by atoms with E-state index in [2.05, 4.69) is 14.2 Å². The third-order valence-corrected chi connectivity index (χ3v) is 4.34. The van der Waals surface area contributed by atoms with Crippen LogP contribution < -0.4 is 4.74 Å². The summed E-state index contributed by atoms with van der Waals surface area (Å²) in [5, 5.41) is 27.7. The molecule has 0 aliphatic carbocycles. The second kappa shape index (κ2) is 18.6. The monoisotopic (exact) mass is 584 g/mol. The van der Waals surface area contributed by atoms with Crippen LogP contribution in [0.25, 0.3) is 0 Å². The lowest BCUT2D eigenvalue weighted by Gasteiger charge is -2.24. The Balaban J connectivity index is 2.06. The fourth-order valence-corrected chi connectivity index (χ4v) is 2.53. The second-order valence-corrected chi connectivity index (χ2v) is 8.11. The zero-order chi connectivity index (χ0) is 29.2. The number of ether oxygens (including phenoxy) is 7. The molecule has 0 radical (unpaired) electrons. The van der Waals surface area contributed by atoms with Crippen LogP contribution in [0.2, 0.25) is 0 Å². The van der Waals surface area contributed by atoms with E-state index < -0.39 is 70.0 Å². The van der Waals surface area contributed by atoms with Crippen molar-refractivity contribution in [3.8, 4) is 5.75 Å². The van der Waals surface area contributed by atoms with Gasteiger partial charge in [-0.25, -0.2) is 8.78 Å². The number of aliphatic hydroxyl groups is 3. The van der Waals surface area contributed by atoms with Gasteiger partial charge in [0.25, 0.3) is 5.92 Å². The van der Waals surface area contributed by atoms with Crippen LogP contribution >= 0.6 is 0 Å². The number of rotatable bonds is 24. The Hall–Kier alpha value is -1.76. The van der Waals surface area contributed by atoms with Gasteiger partial charge in [-0.2, -0.15) is 17.6 Å². The average Bonchev–Trinajstić information content (AvgIpc) is 2.86. The van der Waals surface area contributed by atoms with E-state index in [4.69, 9.17) is 24.1 Å².